The van der Waals surface area contributed by atoms with Gasteiger partial charge in [-0.1, -0.05) is 0 Å². The number of benzene rings is 1. The maximum Gasteiger partial charge on any atom is 0.254 e. The molecule has 1 aromatic rings. The average Bonchev–Trinajstić information content (AvgIpc) is 3.09. The van der Waals surface area contributed by atoms with Gasteiger partial charge in [0.1, 0.15) is 0 Å². The number of methoxy groups -OCH3 is 2. The van der Waals surface area contributed by atoms with Gasteiger partial charge in [0.15, 0.2) is 11.5 Å². The van der Waals surface area contributed by atoms with Crippen LogP contribution in [0.25, 0.3) is 0 Å². The number of carbonyl (C=O) groups excluding carboxylic acids is 1. The average molecular weight is 290 g/mol. The predicted octanol–water partition coefficient (Wildman–Crippen LogP) is 1.38. The van der Waals surface area contributed by atoms with Gasteiger partial charge in [0.25, 0.3) is 5.91 Å². The summed E-state index contributed by atoms with van der Waals surface area (Å²) in [5.41, 5.74) is 0.660. The van der Waals surface area contributed by atoms with E-state index in [1.165, 1.54) is 0 Å². The van der Waals surface area contributed by atoms with E-state index in [4.69, 9.17) is 9.47 Å². The molecule has 3 atom stereocenters. The highest BCUT2D eigenvalue weighted by Crippen LogP contribution is 2.34. The number of hydrogen-bond donors (Lipinski definition) is 1. The highest BCUT2D eigenvalue weighted by molar-refractivity contribution is 5.95. The first-order valence-corrected chi connectivity index (χ1v) is 7.39. The van der Waals surface area contributed by atoms with E-state index in [1.54, 1.807) is 26.4 Å². The van der Waals surface area contributed by atoms with Gasteiger partial charge < -0.3 is 19.7 Å². The van der Waals surface area contributed by atoms with E-state index in [-0.39, 0.29) is 11.9 Å². The van der Waals surface area contributed by atoms with Crippen molar-refractivity contribution in [2.45, 2.75) is 13.0 Å². The number of nitrogens with zero attached hydrogens (tertiary/aromatic N) is 1. The fourth-order valence-electron chi connectivity index (χ4n) is 3.57. The van der Waals surface area contributed by atoms with E-state index >= 15 is 0 Å². The Labute approximate surface area is 125 Å². The van der Waals surface area contributed by atoms with E-state index in [1.807, 2.05) is 11.0 Å². The number of rotatable bonds is 3. The van der Waals surface area contributed by atoms with Gasteiger partial charge in [-0.25, -0.2) is 0 Å². The van der Waals surface area contributed by atoms with Crippen LogP contribution in [0, 0.1) is 11.8 Å². The minimum absolute atomic E-state index is 0.0813. The van der Waals surface area contributed by atoms with E-state index in [0.717, 1.165) is 19.6 Å². The molecule has 1 amide bonds. The van der Waals surface area contributed by atoms with E-state index in [9.17, 15) is 4.79 Å². The van der Waals surface area contributed by atoms with Crippen LogP contribution in [-0.4, -0.2) is 50.7 Å². The first-order chi connectivity index (χ1) is 10.2. The molecule has 2 heterocycles. The lowest BCUT2D eigenvalue weighted by Crippen LogP contribution is -2.38. The molecule has 0 saturated carbocycles. The Hall–Kier alpha value is -1.75. The molecular formula is C16H22N2O3. The Morgan fingerprint density at radius 2 is 2.00 bits per heavy atom. The van der Waals surface area contributed by atoms with Crippen LogP contribution in [0.1, 0.15) is 17.3 Å². The molecule has 3 unspecified atom stereocenters. The Kier molecular flexibility index (Phi) is 3.76. The molecule has 1 aromatic carbocycles. The summed E-state index contributed by atoms with van der Waals surface area (Å²) in [5, 5.41) is 3.41. The minimum atomic E-state index is 0.0813. The molecule has 114 valence electrons. The molecule has 0 aliphatic carbocycles. The molecule has 2 saturated heterocycles. The number of fused-ring (bicyclic) bond motifs is 1. The van der Waals surface area contributed by atoms with Crippen molar-refractivity contribution in [1.29, 1.82) is 0 Å². The largest absolute Gasteiger partial charge is 0.493 e. The van der Waals surface area contributed by atoms with Gasteiger partial charge in [0.2, 0.25) is 0 Å². The van der Waals surface area contributed by atoms with Crippen molar-refractivity contribution in [2.24, 2.45) is 11.8 Å². The molecule has 0 aromatic heterocycles. The third kappa shape index (κ3) is 2.35. The first-order valence-electron chi connectivity index (χ1n) is 7.39. The van der Waals surface area contributed by atoms with Crippen LogP contribution < -0.4 is 14.8 Å². The second-order valence-corrected chi connectivity index (χ2v) is 5.85. The maximum atomic E-state index is 12.8. The number of amides is 1. The quantitative estimate of drug-likeness (QED) is 0.914. The zero-order chi connectivity index (χ0) is 15.0. The molecule has 5 nitrogen and oxygen atoms in total. The van der Waals surface area contributed by atoms with Gasteiger partial charge in [-0.05, 0) is 37.0 Å². The SMILES string of the molecule is COc1ccc(C(=O)N2CC3CNCC3C2C)cc1OC. The summed E-state index contributed by atoms with van der Waals surface area (Å²) in [5.74, 6) is 2.48. The molecule has 3 rings (SSSR count). The van der Waals surface area contributed by atoms with E-state index < -0.39 is 0 Å². The fraction of sp³-hybridized carbons (Fsp3) is 0.562. The normalized spacial score (nSPS) is 27.6. The van der Waals surface area contributed by atoms with Crippen molar-refractivity contribution < 1.29 is 14.3 Å². The molecule has 0 radical (unpaired) electrons. The zero-order valence-electron chi connectivity index (χ0n) is 12.8. The summed E-state index contributed by atoms with van der Waals surface area (Å²) in [7, 11) is 3.18. The Balaban J connectivity index is 1.82. The number of carbonyl (C=O) groups is 1. The van der Waals surface area contributed by atoms with Crippen LogP contribution >= 0.6 is 0 Å². The van der Waals surface area contributed by atoms with Crippen LogP contribution in [0.4, 0.5) is 0 Å². The molecule has 2 fully saturated rings. The van der Waals surface area contributed by atoms with Gasteiger partial charge in [-0.2, -0.15) is 0 Å². The smallest absolute Gasteiger partial charge is 0.254 e. The van der Waals surface area contributed by atoms with E-state index in [0.29, 0.717) is 28.9 Å². The van der Waals surface area contributed by atoms with Crippen LogP contribution in [0.3, 0.4) is 0 Å². The van der Waals surface area contributed by atoms with Crippen molar-refractivity contribution in [1.82, 2.24) is 10.2 Å². The molecule has 0 spiro atoms. The van der Waals surface area contributed by atoms with Gasteiger partial charge in [0, 0.05) is 31.2 Å². The fourth-order valence-corrected chi connectivity index (χ4v) is 3.57. The second-order valence-electron chi connectivity index (χ2n) is 5.85. The third-order valence-corrected chi connectivity index (χ3v) is 4.83. The lowest BCUT2D eigenvalue weighted by Gasteiger charge is -2.25. The highest BCUT2D eigenvalue weighted by atomic mass is 16.5. The summed E-state index contributed by atoms with van der Waals surface area (Å²) in [6.07, 6.45) is 0. The van der Waals surface area contributed by atoms with Crippen molar-refractivity contribution in [3.05, 3.63) is 23.8 Å². The number of ether oxygens (including phenoxy) is 2. The van der Waals surface area contributed by atoms with Crippen LogP contribution in [-0.2, 0) is 0 Å². The summed E-state index contributed by atoms with van der Waals surface area (Å²) < 4.78 is 10.5. The lowest BCUT2D eigenvalue weighted by molar-refractivity contribution is 0.0728. The predicted molar refractivity (Wildman–Crippen MR) is 79.9 cm³/mol. The lowest BCUT2D eigenvalue weighted by atomic mass is 9.95. The Bertz CT molecular complexity index is 546. The molecule has 2 aliphatic rings. The standard InChI is InChI=1S/C16H22N2O3/c1-10-13-8-17-7-12(13)9-18(10)16(19)11-4-5-14(20-2)15(6-11)21-3/h4-6,10,12-13,17H,7-9H2,1-3H3. The molecule has 21 heavy (non-hydrogen) atoms. The molecule has 5 heteroatoms. The Morgan fingerprint density at radius 1 is 1.24 bits per heavy atom. The summed E-state index contributed by atoms with van der Waals surface area (Å²) in [4.78, 5) is 14.8. The maximum absolute atomic E-state index is 12.8. The van der Waals surface area contributed by atoms with Crippen molar-refractivity contribution in [3.8, 4) is 11.5 Å². The molecular weight excluding hydrogens is 268 g/mol. The topological polar surface area (TPSA) is 50.8 Å². The van der Waals surface area contributed by atoms with Gasteiger partial charge >= 0.3 is 0 Å². The van der Waals surface area contributed by atoms with Crippen LogP contribution in [0.5, 0.6) is 11.5 Å². The van der Waals surface area contributed by atoms with Crippen molar-refractivity contribution in [2.75, 3.05) is 33.9 Å². The van der Waals surface area contributed by atoms with E-state index in [2.05, 4.69) is 12.2 Å². The first kappa shape index (κ1) is 14.2. The molecule has 0 bridgehead atoms. The van der Waals surface area contributed by atoms with Crippen LogP contribution in [0.15, 0.2) is 18.2 Å². The number of nitrogens with one attached hydrogen (secondary N) is 1. The molecule has 2 aliphatic heterocycles. The van der Waals surface area contributed by atoms with Crippen molar-refractivity contribution >= 4 is 5.91 Å². The minimum Gasteiger partial charge on any atom is -0.493 e. The summed E-state index contributed by atoms with van der Waals surface area (Å²) in [6.45, 7) is 5.02. The highest BCUT2D eigenvalue weighted by Gasteiger charge is 2.43. The number of hydrogen-bond acceptors (Lipinski definition) is 4. The van der Waals surface area contributed by atoms with Gasteiger partial charge in [0.05, 0.1) is 14.2 Å². The molecule has 1 N–H and O–H groups in total. The van der Waals surface area contributed by atoms with Gasteiger partial charge in [-0.15, -0.1) is 0 Å². The van der Waals surface area contributed by atoms with Crippen molar-refractivity contribution in [3.63, 3.8) is 0 Å². The second kappa shape index (κ2) is 5.56. The third-order valence-electron chi connectivity index (χ3n) is 4.83. The number of likely N-dealkylation sites (tertiary alicyclic amines) is 1. The zero-order valence-corrected chi connectivity index (χ0v) is 12.8. The Morgan fingerprint density at radius 3 is 2.67 bits per heavy atom. The summed E-state index contributed by atoms with van der Waals surface area (Å²) in [6, 6.07) is 5.64. The van der Waals surface area contributed by atoms with Gasteiger partial charge in [-0.3, -0.25) is 4.79 Å². The monoisotopic (exact) mass is 290 g/mol. The summed E-state index contributed by atoms with van der Waals surface area (Å²) >= 11 is 0. The van der Waals surface area contributed by atoms with Crippen LogP contribution in [0.2, 0.25) is 0 Å².